The van der Waals surface area contributed by atoms with Gasteiger partial charge in [-0.05, 0) is 30.3 Å². The van der Waals surface area contributed by atoms with E-state index in [1.807, 2.05) is 0 Å². The van der Waals surface area contributed by atoms with Crippen molar-refractivity contribution in [3.8, 4) is 0 Å². The summed E-state index contributed by atoms with van der Waals surface area (Å²) in [5.74, 6) is -1.32. The Morgan fingerprint density at radius 1 is 1.25 bits per heavy atom. The average molecular weight is 237 g/mol. The first-order chi connectivity index (χ1) is 7.60. The fourth-order valence-electron chi connectivity index (χ4n) is 1.11. The number of carbonyl (C=O) groups is 2. The van der Waals surface area contributed by atoms with E-state index >= 15 is 0 Å². The molecule has 0 aromatic heterocycles. The summed E-state index contributed by atoms with van der Waals surface area (Å²) in [6.45, 7) is 3.30. The molecule has 0 bridgehead atoms. The fraction of sp³-hybridized carbons (Fsp3) is 0. The molecule has 0 fully saturated rings. The molecule has 0 aliphatic heterocycles. The minimum Gasteiger partial charge on any atom is -0.303 e. The number of nitrogens with zero attached hydrogens (tertiary/aromatic N) is 1. The molecule has 82 valence electrons. The monoisotopic (exact) mass is 236 g/mol. The van der Waals surface area contributed by atoms with Gasteiger partial charge in [0.1, 0.15) is 0 Å². The van der Waals surface area contributed by atoms with Gasteiger partial charge in [0.25, 0.3) is 11.8 Å². The highest BCUT2D eigenvalue weighted by atomic mass is 35.5. The van der Waals surface area contributed by atoms with E-state index in [2.05, 4.69) is 6.58 Å². The van der Waals surface area contributed by atoms with Gasteiger partial charge in [0.15, 0.2) is 0 Å². The Bertz CT molecular complexity index is 420. The fourth-order valence-corrected chi connectivity index (χ4v) is 1.24. The summed E-state index contributed by atoms with van der Waals surface area (Å²) in [5.41, 5.74) is 0.350. The molecule has 0 saturated heterocycles. The predicted molar refractivity (Wildman–Crippen MR) is 62.9 cm³/mol. The molecular formula is C11H9ClN2O2. The van der Waals surface area contributed by atoms with Crippen LogP contribution in [0.2, 0.25) is 5.02 Å². The number of rotatable bonds is 3. The zero-order chi connectivity index (χ0) is 12.1. The Hall–Kier alpha value is -1.94. The summed E-state index contributed by atoms with van der Waals surface area (Å²) < 4.78 is 0. The molecule has 0 saturated carbocycles. The third-order valence-electron chi connectivity index (χ3n) is 1.82. The van der Waals surface area contributed by atoms with Crippen molar-refractivity contribution < 1.29 is 9.59 Å². The molecule has 0 radical (unpaired) electrons. The van der Waals surface area contributed by atoms with Gasteiger partial charge >= 0.3 is 0 Å². The third-order valence-corrected chi connectivity index (χ3v) is 2.08. The molecule has 1 rings (SSSR count). The summed E-state index contributed by atoms with van der Waals surface area (Å²) in [6, 6.07) is 6.14. The molecule has 0 unspecified atom stereocenters. The van der Waals surface area contributed by atoms with Crippen molar-refractivity contribution in [1.82, 2.24) is 0 Å². The Morgan fingerprint density at radius 3 is 2.25 bits per heavy atom. The smallest absolute Gasteiger partial charge is 0.275 e. The van der Waals surface area contributed by atoms with E-state index in [0.29, 0.717) is 16.9 Å². The average Bonchev–Trinajstić information content (AvgIpc) is 2.31. The van der Waals surface area contributed by atoms with Gasteiger partial charge in [-0.1, -0.05) is 18.2 Å². The normalized spacial score (nSPS) is 9.31. The summed E-state index contributed by atoms with van der Waals surface area (Å²) >= 11 is 5.69. The van der Waals surface area contributed by atoms with E-state index in [0.717, 1.165) is 11.0 Å². The number of nitrogens with one attached hydrogen (secondary N) is 1. The van der Waals surface area contributed by atoms with Crippen LogP contribution in [-0.2, 0) is 9.59 Å². The summed E-state index contributed by atoms with van der Waals surface area (Å²) in [6.07, 6.45) is 1.58. The van der Waals surface area contributed by atoms with Crippen LogP contribution in [0.1, 0.15) is 0 Å². The SMILES string of the molecule is C=CC(=O)N(C(=O)C=N)c1ccc(Cl)cc1. The number of carbonyl (C=O) groups excluding carboxylic acids is 2. The molecule has 0 spiro atoms. The van der Waals surface area contributed by atoms with Crippen LogP contribution in [0.4, 0.5) is 5.69 Å². The molecular weight excluding hydrogens is 228 g/mol. The van der Waals surface area contributed by atoms with Crippen molar-refractivity contribution >= 4 is 35.3 Å². The van der Waals surface area contributed by atoms with Gasteiger partial charge in [0.05, 0.1) is 11.9 Å². The standard InChI is InChI=1S/C11H9ClN2O2/c1-2-10(15)14(11(16)7-13)9-5-3-8(12)4-6-9/h2-7,13H,1H2. The molecule has 0 heterocycles. The Labute approximate surface area is 97.6 Å². The van der Waals surface area contributed by atoms with Crippen LogP contribution in [0.3, 0.4) is 0 Å². The lowest BCUT2D eigenvalue weighted by molar-refractivity contribution is -0.120. The lowest BCUT2D eigenvalue weighted by Crippen LogP contribution is -2.36. The second-order valence-corrected chi connectivity index (χ2v) is 3.27. The van der Waals surface area contributed by atoms with Crippen LogP contribution in [0.15, 0.2) is 36.9 Å². The molecule has 0 atom stereocenters. The highest BCUT2D eigenvalue weighted by molar-refractivity contribution is 6.39. The van der Waals surface area contributed by atoms with E-state index in [9.17, 15) is 9.59 Å². The number of hydrogen-bond donors (Lipinski definition) is 1. The van der Waals surface area contributed by atoms with Gasteiger partial charge in [-0.15, -0.1) is 0 Å². The highest BCUT2D eigenvalue weighted by Gasteiger charge is 2.18. The van der Waals surface area contributed by atoms with Gasteiger partial charge in [-0.2, -0.15) is 0 Å². The second-order valence-electron chi connectivity index (χ2n) is 2.84. The third kappa shape index (κ3) is 2.55. The van der Waals surface area contributed by atoms with Crippen LogP contribution in [0.25, 0.3) is 0 Å². The van der Waals surface area contributed by atoms with Gasteiger partial charge in [-0.3, -0.25) is 9.59 Å². The first-order valence-electron chi connectivity index (χ1n) is 4.36. The van der Waals surface area contributed by atoms with Crippen molar-refractivity contribution in [1.29, 1.82) is 5.41 Å². The topological polar surface area (TPSA) is 61.2 Å². The molecule has 0 aliphatic rings. The van der Waals surface area contributed by atoms with E-state index in [1.165, 1.54) is 12.1 Å². The van der Waals surface area contributed by atoms with E-state index in [-0.39, 0.29) is 0 Å². The van der Waals surface area contributed by atoms with Gasteiger partial charge in [-0.25, -0.2) is 4.90 Å². The number of anilines is 1. The molecule has 2 amide bonds. The minimum absolute atomic E-state index is 0.350. The Morgan fingerprint density at radius 2 is 1.81 bits per heavy atom. The van der Waals surface area contributed by atoms with Crippen LogP contribution < -0.4 is 4.90 Å². The molecule has 1 aromatic carbocycles. The Kier molecular flexibility index (Phi) is 3.96. The van der Waals surface area contributed by atoms with Gasteiger partial charge in [0, 0.05) is 5.02 Å². The number of amides is 2. The summed E-state index contributed by atoms with van der Waals surface area (Å²) in [4.78, 5) is 23.7. The quantitative estimate of drug-likeness (QED) is 0.645. The number of imide groups is 1. The van der Waals surface area contributed by atoms with E-state index < -0.39 is 11.8 Å². The predicted octanol–water partition coefficient (Wildman–Crippen LogP) is 2.04. The van der Waals surface area contributed by atoms with Crippen molar-refractivity contribution in [2.45, 2.75) is 0 Å². The maximum Gasteiger partial charge on any atom is 0.275 e. The highest BCUT2D eigenvalue weighted by Crippen LogP contribution is 2.18. The maximum atomic E-state index is 11.4. The van der Waals surface area contributed by atoms with Crippen molar-refractivity contribution in [3.05, 3.63) is 41.9 Å². The van der Waals surface area contributed by atoms with Crippen LogP contribution in [-0.4, -0.2) is 18.0 Å². The second kappa shape index (κ2) is 5.23. The molecule has 0 aliphatic carbocycles. The molecule has 5 heteroatoms. The first kappa shape index (κ1) is 12.1. The summed E-state index contributed by atoms with van der Waals surface area (Å²) in [7, 11) is 0. The summed E-state index contributed by atoms with van der Waals surface area (Å²) in [5, 5.41) is 7.37. The number of benzene rings is 1. The lowest BCUT2D eigenvalue weighted by Gasteiger charge is -2.16. The zero-order valence-electron chi connectivity index (χ0n) is 8.31. The largest absolute Gasteiger partial charge is 0.303 e. The van der Waals surface area contributed by atoms with E-state index in [1.54, 1.807) is 12.1 Å². The van der Waals surface area contributed by atoms with Crippen LogP contribution in [0.5, 0.6) is 0 Å². The first-order valence-corrected chi connectivity index (χ1v) is 4.74. The molecule has 1 aromatic rings. The van der Waals surface area contributed by atoms with Crippen LogP contribution in [0, 0.1) is 5.41 Å². The molecule has 4 nitrogen and oxygen atoms in total. The van der Waals surface area contributed by atoms with E-state index in [4.69, 9.17) is 17.0 Å². The molecule has 16 heavy (non-hydrogen) atoms. The molecule has 1 N–H and O–H groups in total. The maximum absolute atomic E-state index is 11.4. The van der Waals surface area contributed by atoms with Gasteiger partial charge in [0.2, 0.25) is 0 Å². The minimum atomic E-state index is -0.729. The van der Waals surface area contributed by atoms with Crippen LogP contribution >= 0.6 is 11.6 Å². The zero-order valence-corrected chi connectivity index (χ0v) is 9.07. The lowest BCUT2D eigenvalue weighted by atomic mass is 10.2. The van der Waals surface area contributed by atoms with Crippen molar-refractivity contribution in [2.75, 3.05) is 4.90 Å². The Balaban J connectivity index is 3.15. The van der Waals surface area contributed by atoms with Gasteiger partial charge < -0.3 is 5.41 Å². The van der Waals surface area contributed by atoms with Crippen molar-refractivity contribution in [2.24, 2.45) is 0 Å². The van der Waals surface area contributed by atoms with Crippen molar-refractivity contribution in [3.63, 3.8) is 0 Å². The number of hydrogen-bond acceptors (Lipinski definition) is 3. The number of halogens is 1.